The van der Waals surface area contributed by atoms with Gasteiger partial charge >= 0.3 is 0 Å². The van der Waals surface area contributed by atoms with Gasteiger partial charge in [-0.3, -0.25) is 4.72 Å². The topological polar surface area (TPSA) is 84.4 Å². The van der Waals surface area contributed by atoms with Gasteiger partial charge in [-0.2, -0.15) is 8.75 Å². The van der Waals surface area contributed by atoms with Gasteiger partial charge in [0, 0.05) is 19.2 Å². The van der Waals surface area contributed by atoms with E-state index in [0.717, 1.165) is 31.2 Å². The van der Waals surface area contributed by atoms with E-state index >= 15 is 0 Å². The summed E-state index contributed by atoms with van der Waals surface area (Å²) in [7, 11) is -1.80. The molecule has 10 heteroatoms. The van der Waals surface area contributed by atoms with Crippen LogP contribution in [0.4, 0.5) is 5.69 Å². The molecule has 1 saturated heterocycles. The van der Waals surface area contributed by atoms with E-state index < -0.39 is 10.0 Å². The number of likely N-dealkylation sites (tertiary alicyclic amines) is 1. The number of rotatable bonds is 5. The van der Waals surface area contributed by atoms with Crippen LogP contribution in [0.15, 0.2) is 41.3 Å². The number of nitrogens with zero attached hydrogens (tertiary/aromatic N) is 3. The van der Waals surface area contributed by atoms with Gasteiger partial charge in [0.1, 0.15) is 27.8 Å². The standard InChI is InChI=1S/C17H17ClN4O3S2/c1-22-8-7-12(10-22)25-15-9-11(5-6-13(15)18)21-27(23,24)16-4-2-3-14-17(16)20-26-19-14/h2-6,9,12,21H,7-8,10H2,1H3/t12-/m1/s1. The third kappa shape index (κ3) is 3.86. The highest BCUT2D eigenvalue weighted by molar-refractivity contribution is 7.93. The lowest BCUT2D eigenvalue weighted by Crippen LogP contribution is -2.21. The molecule has 0 unspecified atom stereocenters. The Bertz CT molecular complexity index is 1090. The zero-order valence-electron chi connectivity index (χ0n) is 14.4. The molecule has 0 saturated carbocycles. The molecule has 0 aliphatic carbocycles. The van der Waals surface area contributed by atoms with Crippen molar-refractivity contribution in [3.8, 4) is 5.75 Å². The summed E-state index contributed by atoms with van der Waals surface area (Å²) < 4.78 is 42.4. The summed E-state index contributed by atoms with van der Waals surface area (Å²) in [5, 5.41) is 0.443. The van der Waals surface area contributed by atoms with Crippen LogP contribution >= 0.6 is 23.3 Å². The predicted molar refractivity (Wildman–Crippen MR) is 106 cm³/mol. The molecule has 1 aliphatic heterocycles. The van der Waals surface area contributed by atoms with Crippen LogP contribution < -0.4 is 9.46 Å². The highest BCUT2D eigenvalue weighted by atomic mass is 35.5. The maximum atomic E-state index is 12.8. The fraction of sp³-hybridized carbons (Fsp3) is 0.294. The predicted octanol–water partition coefficient (Wildman–Crippen LogP) is 3.23. The molecular formula is C17H17ClN4O3S2. The third-order valence-electron chi connectivity index (χ3n) is 4.36. The zero-order valence-corrected chi connectivity index (χ0v) is 16.8. The van der Waals surface area contributed by atoms with E-state index in [0.29, 0.717) is 27.5 Å². The molecule has 27 heavy (non-hydrogen) atoms. The van der Waals surface area contributed by atoms with E-state index in [2.05, 4.69) is 18.4 Å². The number of ether oxygens (including phenoxy) is 1. The number of hydrogen-bond acceptors (Lipinski definition) is 7. The summed E-state index contributed by atoms with van der Waals surface area (Å²) in [5.74, 6) is 0.464. The average molecular weight is 425 g/mol. The van der Waals surface area contributed by atoms with Crippen LogP contribution in [0.25, 0.3) is 11.0 Å². The quantitative estimate of drug-likeness (QED) is 0.676. The molecule has 2 aromatic carbocycles. The minimum absolute atomic E-state index is 0.0363. The number of fused-ring (bicyclic) bond motifs is 1. The van der Waals surface area contributed by atoms with Gasteiger partial charge < -0.3 is 9.64 Å². The number of nitrogens with one attached hydrogen (secondary N) is 1. The Morgan fingerprint density at radius 3 is 2.93 bits per heavy atom. The summed E-state index contributed by atoms with van der Waals surface area (Å²) in [6.07, 6.45) is 0.941. The van der Waals surface area contributed by atoms with E-state index in [1.54, 1.807) is 30.3 Å². The SMILES string of the molecule is CN1CC[C@@H](Oc2cc(NS(=O)(=O)c3cccc4nsnc34)ccc2Cl)C1. The largest absolute Gasteiger partial charge is 0.487 e. The second kappa shape index (κ2) is 7.23. The van der Waals surface area contributed by atoms with E-state index in [1.807, 2.05) is 7.05 Å². The Morgan fingerprint density at radius 2 is 2.15 bits per heavy atom. The maximum absolute atomic E-state index is 12.8. The summed E-state index contributed by atoms with van der Waals surface area (Å²) in [4.78, 5) is 2.26. The molecule has 1 aliphatic rings. The van der Waals surface area contributed by atoms with E-state index in [4.69, 9.17) is 16.3 Å². The molecule has 1 fully saturated rings. The fourth-order valence-corrected chi connectivity index (χ4v) is 5.02. The van der Waals surface area contributed by atoms with Crippen LogP contribution in [0.2, 0.25) is 5.02 Å². The summed E-state index contributed by atoms with van der Waals surface area (Å²) >= 11 is 7.21. The molecule has 0 spiro atoms. The first-order valence-corrected chi connectivity index (χ1v) is 10.9. The Kier molecular flexibility index (Phi) is 4.94. The lowest BCUT2D eigenvalue weighted by atomic mass is 10.3. The van der Waals surface area contributed by atoms with Crippen molar-refractivity contribution in [1.29, 1.82) is 0 Å². The molecule has 1 aromatic heterocycles. The zero-order chi connectivity index (χ0) is 19.0. The first-order valence-electron chi connectivity index (χ1n) is 8.31. The van der Waals surface area contributed by atoms with Gasteiger partial charge in [0.15, 0.2) is 0 Å². The molecule has 4 rings (SSSR count). The van der Waals surface area contributed by atoms with Crippen LogP contribution in [0, 0.1) is 0 Å². The molecule has 0 bridgehead atoms. The summed E-state index contributed by atoms with van der Waals surface area (Å²) in [6, 6.07) is 9.72. The van der Waals surface area contributed by atoms with Gasteiger partial charge in [-0.25, -0.2) is 8.42 Å². The van der Waals surface area contributed by atoms with Crippen molar-refractivity contribution in [1.82, 2.24) is 13.6 Å². The van der Waals surface area contributed by atoms with Gasteiger partial charge in [0.05, 0.1) is 22.4 Å². The van der Waals surface area contributed by atoms with Crippen molar-refractivity contribution in [2.45, 2.75) is 17.4 Å². The van der Waals surface area contributed by atoms with Crippen molar-refractivity contribution < 1.29 is 13.2 Å². The second-order valence-electron chi connectivity index (χ2n) is 6.43. The number of hydrogen-bond donors (Lipinski definition) is 1. The molecule has 2 heterocycles. The third-order valence-corrected chi connectivity index (χ3v) is 6.63. The van der Waals surface area contributed by atoms with Gasteiger partial charge in [-0.1, -0.05) is 17.7 Å². The van der Waals surface area contributed by atoms with Gasteiger partial charge in [0.2, 0.25) is 0 Å². The van der Waals surface area contributed by atoms with Crippen LogP contribution in [0.3, 0.4) is 0 Å². The molecule has 1 N–H and O–H groups in total. The number of anilines is 1. The minimum Gasteiger partial charge on any atom is -0.487 e. The molecule has 3 aromatic rings. The van der Waals surface area contributed by atoms with Crippen molar-refractivity contribution in [2.24, 2.45) is 0 Å². The van der Waals surface area contributed by atoms with Crippen LogP contribution in [0.5, 0.6) is 5.75 Å². The van der Waals surface area contributed by atoms with Crippen molar-refractivity contribution in [3.05, 3.63) is 41.4 Å². The average Bonchev–Trinajstić information content (AvgIpc) is 3.26. The monoisotopic (exact) mass is 424 g/mol. The minimum atomic E-state index is -3.83. The van der Waals surface area contributed by atoms with E-state index in [9.17, 15) is 8.42 Å². The summed E-state index contributed by atoms with van der Waals surface area (Å²) in [6.45, 7) is 1.77. The molecule has 7 nitrogen and oxygen atoms in total. The highest BCUT2D eigenvalue weighted by Gasteiger charge is 2.23. The van der Waals surface area contributed by atoms with Crippen LogP contribution in [-0.2, 0) is 10.0 Å². The lowest BCUT2D eigenvalue weighted by molar-refractivity contribution is 0.208. The van der Waals surface area contributed by atoms with Crippen molar-refractivity contribution in [3.63, 3.8) is 0 Å². The lowest BCUT2D eigenvalue weighted by Gasteiger charge is -2.16. The second-order valence-corrected chi connectivity index (χ2v) is 9.02. The Labute approximate surface area is 166 Å². The first kappa shape index (κ1) is 18.4. The molecule has 1 atom stereocenters. The number of halogens is 1. The Balaban J connectivity index is 1.60. The molecule has 142 valence electrons. The van der Waals surface area contributed by atoms with E-state index in [1.165, 1.54) is 6.07 Å². The number of benzene rings is 2. The smallest absolute Gasteiger partial charge is 0.264 e. The van der Waals surface area contributed by atoms with Gasteiger partial charge in [-0.05, 0) is 37.7 Å². The van der Waals surface area contributed by atoms with Crippen LogP contribution in [-0.4, -0.2) is 48.3 Å². The van der Waals surface area contributed by atoms with Gasteiger partial charge in [0.25, 0.3) is 10.0 Å². The molecule has 0 radical (unpaired) electrons. The number of sulfonamides is 1. The van der Waals surface area contributed by atoms with Crippen molar-refractivity contribution in [2.75, 3.05) is 24.9 Å². The van der Waals surface area contributed by atoms with Crippen LogP contribution in [0.1, 0.15) is 6.42 Å². The molecular weight excluding hydrogens is 408 g/mol. The Morgan fingerprint density at radius 1 is 1.30 bits per heavy atom. The molecule has 0 amide bonds. The number of aromatic nitrogens is 2. The summed E-state index contributed by atoms with van der Waals surface area (Å²) in [5.41, 5.74) is 1.28. The maximum Gasteiger partial charge on any atom is 0.264 e. The number of likely N-dealkylation sites (N-methyl/N-ethyl adjacent to an activating group) is 1. The van der Waals surface area contributed by atoms with Crippen molar-refractivity contribution >= 4 is 50.1 Å². The van der Waals surface area contributed by atoms with Gasteiger partial charge in [-0.15, -0.1) is 0 Å². The Hall–Kier alpha value is -1.94. The van der Waals surface area contributed by atoms with E-state index in [-0.39, 0.29) is 11.0 Å². The normalized spacial score (nSPS) is 18.1. The fourth-order valence-electron chi connectivity index (χ4n) is 3.04. The highest BCUT2D eigenvalue weighted by Crippen LogP contribution is 2.31. The first-order chi connectivity index (χ1) is 12.9.